The van der Waals surface area contributed by atoms with Crippen LogP contribution in [0.3, 0.4) is 0 Å². The lowest BCUT2D eigenvalue weighted by atomic mass is 9.98. The molecule has 20 heavy (non-hydrogen) atoms. The lowest BCUT2D eigenvalue weighted by Gasteiger charge is -2.27. The zero-order chi connectivity index (χ0) is 14.6. The van der Waals surface area contributed by atoms with Crippen LogP contribution < -0.4 is 5.73 Å². The van der Waals surface area contributed by atoms with Gasteiger partial charge in [0.2, 0.25) is 0 Å². The summed E-state index contributed by atoms with van der Waals surface area (Å²) in [6.45, 7) is 0.104. The van der Waals surface area contributed by atoms with E-state index in [0.717, 1.165) is 9.58 Å². The molecular weight excluding hydrogens is 270 g/mol. The van der Waals surface area contributed by atoms with E-state index in [-0.39, 0.29) is 12.2 Å². The molecule has 0 aromatic carbocycles. The fourth-order valence-electron chi connectivity index (χ4n) is 2.53. The number of carbonyl (C=O) groups is 3. The van der Waals surface area contributed by atoms with Gasteiger partial charge in [0.05, 0.1) is 13.7 Å². The minimum Gasteiger partial charge on any atom is -0.467 e. The van der Waals surface area contributed by atoms with Gasteiger partial charge in [0.25, 0.3) is 0 Å². The zero-order valence-electron chi connectivity index (χ0n) is 10.4. The number of rotatable bonds is 1. The molecule has 0 radical (unpaired) electrons. The highest BCUT2D eigenvalue weighted by Crippen LogP contribution is 2.42. The van der Waals surface area contributed by atoms with E-state index in [4.69, 9.17) is 5.73 Å². The standard InChI is InChI=1S/C10H11N5O5/c1-20-8(16)7-6-4(2-14(12-6)9(11)17)5-3-13(7)10(18)15(5)19/h2,5,7,19H,3H2,1H3,(H2,11,17)/t5-,7+/m1/s1. The van der Waals surface area contributed by atoms with Crippen molar-refractivity contribution in [2.45, 2.75) is 12.1 Å². The Bertz CT molecular complexity index is 626. The summed E-state index contributed by atoms with van der Waals surface area (Å²) in [4.78, 5) is 36.0. The van der Waals surface area contributed by atoms with Gasteiger partial charge >= 0.3 is 18.0 Å². The molecule has 10 heteroatoms. The molecule has 2 aliphatic heterocycles. The van der Waals surface area contributed by atoms with Gasteiger partial charge in [-0.25, -0.2) is 14.4 Å². The molecule has 2 aliphatic rings. The van der Waals surface area contributed by atoms with Crippen LogP contribution in [0.4, 0.5) is 9.59 Å². The highest BCUT2D eigenvalue weighted by Gasteiger charge is 2.52. The first-order valence-corrected chi connectivity index (χ1v) is 5.71. The van der Waals surface area contributed by atoms with Gasteiger partial charge in [0.15, 0.2) is 6.04 Å². The van der Waals surface area contributed by atoms with Crippen LogP contribution in [0.1, 0.15) is 23.3 Å². The number of methoxy groups -OCH3 is 1. The number of amides is 3. The average Bonchev–Trinajstić information content (AvgIpc) is 2.96. The highest BCUT2D eigenvalue weighted by atomic mass is 16.5. The topological polar surface area (TPSA) is 131 Å². The molecule has 3 N–H and O–H groups in total. The van der Waals surface area contributed by atoms with Crippen molar-refractivity contribution in [3.8, 4) is 0 Å². The van der Waals surface area contributed by atoms with Gasteiger partial charge in [-0.2, -0.15) is 14.8 Å². The predicted molar refractivity (Wildman–Crippen MR) is 60.4 cm³/mol. The van der Waals surface area contributed by atoms with Crippen LogP contribution in [0, 0.1) is 0 Å². The Hall–Kier alpha value is -2.62. The number of esters is 1. The molecule has 0 unspecified atom stereocenters. The van der Waals surface area contributed by atoms with Crippen LogP contribution in [0.2, 0.25) is 0 Å². The number of ether oxygens (including phenoxy) is 1. The average molecular weight is 281 g/mol. The first kappa shape index (κ1) is 12.4. The minimum atomic E-state index is -1.10. The van der Waals surface area contributed by atoms with E-state index in [2.05, 4.69) is 9.84 Å². The fraction of sp³-hybridized carbons (Fsp3) is 0.400. The second-order valence-corrected chi connectivity index (χ2v) is 4.47. The van der Waals surface area contributed by atoms with E-state index in [1.807, 2.05) is 0 Å². The Kier molecular flexibility index (Phi) is 2.44. The molecule has 0 saturated carbocycles. The summed E-state index contributed by atoms with van der Waals surface area (Å²) < 4.78 is 5.51. The van der Waals surface area contributed by atoms with Crippen molar-refractivity contribution in [2.75, 3.05) is 13.7 Å². The molecule has 2 atom stereocenters. The minimum absolute atomic E-state index is 0.104. The van der Waals surface area contributed by atoms with Crippen LogP contribution in [-0.4, -0.2) is 56.6 Å². The normalized spacial score (nSPS) is 23.8. The Balaban J connectivity index is 2.16. The van der Waals surface area contributed by atoms with Gasteiger partial charge < -0.3 is 15.4 Å². The number of aromatic nitrogens is 2. The van der Waals surface area contributed by atoms with Gasteiger partial charge in [0, 0.05) is 11.8 Å². The van der Waals surface area contributed by atoms with E-state index in [9.17, 15) is 19.6 Å². The van der Waals surface area contributed by atoms with E-state index < -0.39 is 30.1 Å². The van der Waals surface area contributed by atoms with E-state index in [1.54, 1.807) is 0 Å². The smallest absolute Gasteiger partial charge is 0.345 e. The predicted octanol–water partition coefficient (Wildman–Crippen LogP) is -0.794. The Morgan fingerprint density at radius 3 is 2.85 bits per heavy atom. The van der Waals surface area contributed by atoms with E-state index >= 15 is 0 Å². The maximum Gasteiger partial charge on any atom is 0.345 e. The quantitative estimate of drug-likeness (QED) is 0.512. The van der Waals surface area contributed by atoms with Crippen LogP contribution in [0.25, 0.3) is 0 Å². The molecule has 3 amide bonds. The molecule has 1 aromatic heterocycles. The Labute approximate surface area is 112 Å². The number of primary amides is 1. The number of nitrogens with zero attached hydrogens (tertiary/aromatic N) is 4. The molecule has 0 spiro atoms. The number of hydrogen-bond acceptors (Lipinski definition) is 6. The molecule has 1 fully saturated rings. The van der Waals surface area contributed by atoms with Crippen molar-refractivity contribution < 1.29 is 24.3 Å². The first-order chi connectivity index (χ1) is 9.45. The molecule has 10 nitrogen and oxygen atoms in total. The van der Waals surface area contributed by atoms with Gasteiger partial charge in [-0.05, 0) is 0 Å². The maximum absolute atomic E-state index is 11.9. The molecule has 3 heterocycles. The lowest BCUT2D eigenvalue weighted by Crippen LogP contribution is -2.39. The summed E-state index contributed by atoms with van der Waals surface area (Å²) in [7, 11) is 1.18. The largest absolute Gasteiger partial charge is 0.467 e. The van der Waals surface area contributed by atoms with Crippen molar-refractivity contribution in [2.24, 2.45) is 5.73 Å². The number of nitrogens with two attached hydrogens (primary N) is 1. The SMILES string of the molecule is COC(=O)[C@@H]1c2nn(C(N)=O)cc2[C@H]2CN1C(=O)N2O. The second-order valence-electron chi connectivity index (χ2n) is 4.47. The maximum atomic E-state index is 11.9. The summed E-state index contributed by atoms with van der Waals surface area (Å²) in [5.41, 5.74) is 5.70. The molecule has 2 bridgehead atoms. The third-order valence-electron chi connectivity index (χ3n) is 3.46. The van der Waals surface area contributed by atoms with E-state index in [1.165, 1.54) is 13.3 Å². The van der Waals surface area contributed by atoms with Crippen molar-refractivity contribution in [1.29, 1.82) is 0 Å². The monoisotopic (exact) mass is 281 g/mol. The number of hydrogen-bond donors (Lipinski definition) is 2. The van der Waals surface area contributed by atoms with Gasteiger partial charge in [0.1, 0.15) is 11.7 Å². The Morgan fingerprint density at radius 2 is 2.25 bits per heavy atom. The van der Waals surface area contributed by atoms with Gasteiger partial charge in [-0.15, -0.1) is 0 Å². The zero-order valence-corrected chi connectivity index (χ0v) is 10.4. The van der Waals surface area contributed by atoms with Crippen LogP contribution in [0.5, 0.6) is 0 Å². The number of carbonyl (C=O) groups excluding carboxylic acids is 3. The third kappa shape index (κ3) is 1.42. The molecule has 1 aromatic rings. The summed E-state index contributed by atoms with van der Waals surface area (Å²) in [5, 5.41) is 14.2. The lowest BCUT2D eigenvalue weighted by molar-refractivity contribution is -0.146. The first-order valence-electron chi connectivity index (χ1n) is 5.71. The van der Waals surface area contributed by atoms with Gasteiger partial charge in [-0.1, -0.05) is 0 Å². The summed E-state index contributed by atoms with van der Waals surface area (Å²) in [6, 6.07) is -3.33. The molecule has 3 rings (SSSR count). The van der Waals surface area contributed by atoms with E-state index in [0.29, 0.717) is 10.6 Å². The van der Waals surface area contributed by atoms with Crippen LogP contribution >= 0.6 is 0 Å². The molecule has 106 valence electrons. The van der Waals surface area contributed by atoms with Crippen LogP contribution in [-0.2, 0) is 9.53 Å². The summed E-state index contributed by atoms with van der Waals surface area (Å²) in [6.07, 6.45) is 1.30. The fourth-order valence-corrected chi connectivity index (χ4v) is 2.53. The highest BCUT2D eigenvalue weighted by molar-refractivity contribution is 5.87. The van der Waals surface area contributed by atoms with Crippen LogP contribution in [0.15, 0.2) is 6.20 Å². The van der Waals surface area contributed by atoms with Crippen molar-refractivity contribution in [1.82, 2.24) is 19.7 Å². The van der Waals surface area contributed by atoms with Crippen molar-refractivity contribution >= 4 is 18.0 Å². The molecule has 0 aliphatic carbocycles. The number of fused-ring (bicyclic) bond motifs is 4. The third-order valence-corrected chi connectivity index (χ3v) is 3.46. The van der Waals surface area contributed by atoms with Crippen molar-refractivity contribution in [3.05, 3.63) is 17.5 Å². The Morgan fingerprint density at radius 1 is 1.55 bits per heavy atom. The summed E-state index contributed by atoms with van der Waals surface area (Å²) >= 11 is 0. The molecular formula is C10H11N5O5. The second kappa shape index (κ2) is 3.93. The number of hydroxylamine groups is 2. The van der Waals surface area contributed by atoms with Crippen molar-refractivity contribution in [3.63, 3.8) is 0 Å². The van der Waals surface area contributed by atoms with Gasteiger partial charge in [-0.3, -0.25) is 5.21 Å². The number of urea groups is 1. The summed E-state index contributed by atoms with van der Waals surface area (Å²) in [5.74, 6) is -0.705. The molecule has 1 saturated heterocycles.